The number of carboxylic acid groups (broad SMARTS) is 2. The molecule has 14 atom stereocenters. The standard InChI is InChI=1S/2C23H26N2O4.C8H6O4.9H2O/c2*1-27-16-8-14-15(9-17(16)28-2)25-20(26)10-18-21-13-7-19-23(14,22(21)25)4-5-24(19)11-12(13)3-6-29-18;9-7(10)5-3-1-2-4-6(5)8(11)12;;;;;;;;;/h2*3,8-9,13,18-19,21-22H,4-7,10-11H2,1-2H3;1-4H,(H,9,10)(H,11,12);9*1H2/t2*13-,18-,19-,21-,22-,23+;;;;;;;;;;/m11........../s1. The fourth-order valence-corrected chi connectivity index (χ4v) is 17.0. The summed E-state index contributed by atoms with van der Waals surface area (Å²) >= 11 is 0. The molecule has 20 N–H and O–H groups in total. The molecule has 0 radical (unpaired) electrons. The summed E-state index contributed by atoms with van der Waals surface area (Å²) in [5.74, 6) is 2.23. The topological polar surface area (TPSA) is 469 Å². The first-order chi connectivity index (χ1) is 34.0. The van der Waals surface area contributed by atoms with Gasteiger partial charge in [-0.1, -0.05) is 36.4 Å². The molecular formula is C54H76N4O21. The normalized spacial score (nSPS) is 32.9. The minimum Gasteiger partial charge on any atom is -0.545 e. The van der Waals surface area contributed by atoms with Gasteiger partial charge in [-0.3, -0.25) is 9.59 Å². The van der Waals surface area contributed by atoms with Gasteiger partial charge in [0.25, 0.3) is 0 Å². The van der Waals surface area contributed by atoms with Gasteiger partial charge in [-0.2, -0.15) is 0 Å². The van der Waals surface area contributed by atoms with E-state index in [4.69, 9.17) is 28.4 Å². The minimum absolute atomic E-state index is 0. The van der Waals surface area contributed by atoms with Crippen LogP contribution in [0.2, 0.25) is 0 Å². The van der Waals surface area contributed by atoms with E-state index in [9.17, 15) is 29.4 Å². The lowest BCUT2D eigenvalue weighted by Crippen LogP contribution is -3.16. The Labute approximate surface area is 455 Å². The van der Waals surface area contributed by atoms with Crippen molar-refractivity contribution in [2.24, 2.45) is 23.7 Å². The molecule has 3 aromatic rings. The third kappa shape index (κ3) is 8.65. The Balaban J connectivity index is 0.000000259. The van der Waals surface area contributed by atoms with Crippen molar-refractivity contribution in [2.45, 2.75) is 85.7 Å². The lowest BCUT2D eigenvalue weighted by molar-refractivity contribution is -0.916. The molecule has 2 spiro atoms. The highest BCUT2D eigenvalue weighted by Crippen LogP contribution is 2.65. The SMILES string of the molecule is COc1cc2c(cc1OC)[C@]13CC[NH+]4CC5=CCO[C@@H]6CC(=O)N2[C@@H]1[C@@H]6[C@@H]5C[C@@H]43.COc1cc2c(cc1OC)[C@]13CC[NH+]4CC5=CCO[C@@H]6CC(=O)N2[C@@H]1[C@@H]6[C@@H]5C[C@@H]43.O.O.O.O.O.O.O.O.O.O=C([O-])c1ccccc1C(=O)[O-]. The van der Waals surface area contributed by atoms with Gasteiger partial charge in [0.05, 0.1) is 139 Å². The van der Waals surface area contributed by atoms with E-state index in [0.29, 0.717) is 73.3 Å². The number of anilines is 2. The van der Waals surface area contributed by atoms with E-state index in [1.54, 1.807) is 49.4 Å². The lowest BCUT2D eigenvalue weighted by Gasteiger charge is -2.56. The summed E-state index contributed by atoms with van der Waals surface area (Å²) in [6, 6.07) is 15.1. The van der Waals surface area contributed by atoms with Gasteiger partial charge < -0.3 is 117 Å². The average molecular weight is 1120 g/mol. The Morgan fingerprint density at radius 2 is 0.924 bits per heavy atom. The van der Waals surface area contributed by atoms with Crippen molar-refractivity contribution < 1.29 is 117 Å². The van der Waals surface area contributed by atoms with Gasteiger partial charge in [-0.25, -0.2) is 0 Å². The average Bonchev–Trinajstić information content (AvgIpc) is 4.27. The summed E-state index contributed by atoms with van der Waals surface area (Å²) in [7, 11) is 6.74. The molecule has 2 saturated carbocycles. The van der Waals surface area contributed by atoms with E-state index < -0.39 is 11.9 Å². The van der Waals surface area contributed by atoms with Crippen molar-refractivity contribution in [3.8, 4) is 23.0 Å². The predicted octanol–water partition coefficient (Wildman–Crippen LogP) is -7.62. The molecule has 2 amide bonds. The Bertz CT molecular complexity index is 2680. The second-order valence-corrected chi connectivity index (χ2v) is 21.4. The number of ether oxygens (including phenoxy) is 6. The molecule has 15 rings (SSSR count). The van der Waals surface area contributed by atoms with Crippen LogP contribution in [0.4, 0.5) is 11.4 Å². The maximum absolute atomic E-state index is 13.5. The van der Waals surface area contributed by atoms with Gasteiger partial charge in [0.1, 0.15) is 12.1 Å². The van der Waals surface area contributed by atoms with Gasteiger partial charge >= 0.3 is 0 Å². The third-order valence-corrected chi connectivity index (χ3v) is 19.4. The molecule has 79 heavy (non-hydrogen) atoms. The molecule has 25 heteroatoms. The maximum atomic E-state index is 13.5. The summed E-state index contributed by atoms with van der Waals surface area (Å²) in [5, 5.41) is 20.6. The van der Waals surface area contributed by atoms with Gasteiger partial charge in [-0.15, -0.1) is 0 Å². The Morgan fingerprint density at radius 3 is 1.27 bits per heavy atom. The molecule has 25 nitrogen and oxygen atoms in total. The molecule has 2 aliphatic carbocycles. The van der Waals surface area contributed by atoms with Crippen molar-refractivity contribution >= 4 is 35.1 Å². The van der Waals surface area contributed by atoms with Crippen LogP contribution in [-0.2, 0) is 29.9 Å². The predicted molar refractivity (Wildman–Crippen MR) is 279 cm³/mol. The van der Waals surface area contributed by atoms with Crippen LogP contribution in [0.1, 0.15) is 70.4 Å². The number of aromatic carboxylic acids is 2. The monoisotopic (exact) mass is 1120 g/mol. The van der Waals surface area contributed by atoms with E-state index in [2.05, 4.69) is 46.2 Å². The molecule has 10 heterocycles. The summed E-state index contributed by atoms with van der Waals surface area (Å²) in [4.78, 5) is 55.3. The number of hydrogen-bond donors (Lipinski definition) is 2. The first kappa shape index (κ1) is 65.2. The molecule has 10 aliphatic heterocycles. The van der Waals surface area contributed by atoms with Crippen LogP contribution in [0.5, 0.6) is 23.0 Å². The number of carbonyl (C=O) groups is 4. The van der Waals surface area contributed by atoms with Crippen LogP contribution < -0.4 is 48.8 Å². The molecule has 0 aromatic heterocycles. The number of quaternary nitrogens is 2. The first-order valence-electron chi connectivity index (χ1n) is 25.0. The number of nitrogens with one attached hydrogen (secondary N) is 2. The second-order valence-electron chi connectivity index (χ2n) is 21.4. The third-order valence-electron chi connectivity index (χ3n) is 19.4. The Kier molecular flexibility index (Phi) is 19.3. The van der Waals surface area contributed by atoms with Crippen LogP contribution in [0, 0.1) is 23.7 Å². The number of amides is 2. The van der Waals surface area contributed by atoms with Crippen molar-refractivity contribution in [2.75, 3.05) is 77.6 Å². The van der Waals surface area contributed by atoms with Crippen molar-refractivity contribution in [1.82, 2.24) is 0 Å². The summed E-state index contributed by atoms with van der Waals surface area (Å²) in [6.45, 7) is 5.97. The van der Waals surface area contributed by atoms with E-state index in [1.165, 1.54) is 49.2 Å². The van der Waals surface area contributed by atoms with Crippen LogP contribution in [0.25, 0.3) is 0 Å². The highest BCUT2D eigenvalue weighted by Gasteiger charge is 2.75. The second kappa shape index (κ2) is 23.4. The highest BCUT2D eigenvalue weighted by molar-refractivity contribution is 6.01. The van der Waals surface area contributed by atoms with Gasteiger partial charge in [0.2, 0.25) is 11.8 Å². The Morgan fingerprint density at radius 1 is 0.570 bits per heavy atom. The van der Waals surface area contributed by atoms with E-state index in [-0.39, 0.29) is 107 Å². The van der Waals surface area contributed by atoms with Crippen LogP contribution in [-0.4, -0.2) is 177 Å². The van der Waals surface area contributed by atoms with Gasteiger partial charge in [-0.05, 0) is 46.2 Å². The zero-order valence-corrected chi connectivity index (χ0v) is 44.3. The largest absolute Gasteiger partial charge is 0.545 e. The molecule has 2 unspecified atom stereocenters. The number of hydrogen-bond acceptors (Lipinski definition) is 12. The number of benzene rings is 3. The number of fused-ring (bicyclic) bond motifs is 4. The number of piperidine rings is 4. The van der Waals surface area contributed by atoms with Crippen LogP contribution >= 0.6 is 0 Å². The highest BCUT2D eigenvalue weighted by atomic mass is 16.5. The smallest absolute Gasteiger partial charge is 0.229 e. The zero-order valence-electron chi connectivity index (χ0n) is 44.3. The van der Waals surface area contributed by atoms with E-state index in [1.807, 2.05) is 0 Å². The van der Waals surface area contributed by atoms with Gasteiger partial charge in [0, 0.05) is 60.8 Å². The summed E-state index contributed by atoms with van der Waals surface area (Å²) in [5.41, 5.74) is 7.19. The fraction of sp³-hybridized carbons (Fsp3) is 0.519. The van der Waals surface area contributed by atoms with Crippen molar-refractivity contribution in [3.05, 3.63) is 94.1 Å². The van der Waals surface area contributed by atoms with E-state index >= 15 is 0 Å². The fourth-order valence-electron chi connectivity index (χ4n) is 17.0. The zero-order chi connectivity index (χ0) is 48.1. The molecule has 438 valence electrons. The van der Waals surface area contributed by atoms with Crippen LogP contribution in [0.15, 0.2) is 71.8 Å². The number of carbonyl (C=O) groups excluding carboxylic acids is 4. The van der Waals surface area contributed by atoms with E-state index in [0.717, 1.165) is 60.9 Å². The molecule has 3 aromatic carbocycles. The van der Waals surface area contributed by atoms with Gasteiger partial charge in [0.15, 0.2) is 23.0 Å². The number of carboxylic acids is 2. The van der Waals surface area contributed by atoms with Crippen molar-refractivity contribution in [1.29, 1.82) is 0 Å². The lowest BCUT2D eigenvalue weighted by atomic mass is 9.53. The van der Waals surface area contributed by atoms with Crippen LogP contribution in [0.3, 0.4) is 0 Å². The number of methoxy groups -OCH3 is 4. The first-order valence-corrected chi connectivity index (χ1v) is 25.0. The quantitative estimate of drug-likeness (QED) is 0.218. The summed E-state index contributed by atoms with van der Waals surface area (Å²) in [6.07, 6.45) is 10.4. The summed E-state index contributed by atoms with van der Waals surface area (Å²) < 4.78 is 35.2. The molecule has 6 saturated heterocycles. The minimum atomic E-state index is -1.52. The molecule has 4 bridgehead atoms. The molecule has 12 aliphatic rings. The molecule has 8 fully saturated rings. The molecular weight excluding hydrogens is 1040 g/mol. The Hall–Kier alpha value is -6.30. The number of rotatable bonds is 6. The van der Waals surface area contributed by atoms with Crippen molar-refractivity contribution in [3.63, 3.8) is 0 Å². The number of nitrogens with zero attached hydrogens (tertiary/aromatic N) is 2. The maximum Gasteiger partial charge on any atom is 0.229 e.